The minimum Gasteiger partial charge on any atom is -0.381 e. The van der Waals surface area contributed by atoms with Crippen LogP contribution in [0.15, 0.2) is 18.2 Å². The Bertz CT molecular complexity index is 378. The zero-order valence-corrected chi connectivity index (χ0v) is 9.66. The number of hydrogen-bond donors (Lipinski definition) is 1. The highest BCUT2D eigenvalue weighted by atomic mass is 19.1. The maximum Gasteiger partial charge on any atom is 0.126 e. The van der Waals surface area contributed by atoms with Gasteiger partial charge in [0.15, 0.2) is 0 Å². The van der Waals surface area contributed by atoms with Crippen LogP contribution in [-0.2, 0) is 11.2 Å². The van der Waals surface area contributed by atoms with E-state index in [4.69, 9.17) is 10.5 Å². The van der Waals surface area contributed by atoms with Crippen molar-refractivity contribution in [3.8, 4) is 0 Å². The maximum absolute atomic E-state index is 13.5. The summed E-state index contributed by atoms with van der Waals surface area (Å²) in [7, 11) is 0. The number of ether oxygens (including phenoxy) is 1. The molecule has 1 aliphatic heterocycles. The van der Waals surface area contributed by atoms with Gasteiger partial charge < -0.3 is 10.5 Å². The van der Waals surface area contributed by atoms with Crippen molar-refractivity contribution in [2.45, 2.75) is 25.3 Å². The fourth-order valence-corrected chi connectivity index (χ4v) is 2.26. The van der Waals surface area contributed by atoms with Crippen LogP contribution in [0.25, 0.3) is 0 Å². The SMILES string of the molecule is NC(Cc1cc(F)ccc1F)C1CCOCC1. The molecule has 1 heterocycles. The summed E-state index contributed by atoms with van der Waals surface area (Å²) in [6, 6.07) is 3.38. The quantitative estimate of drug-likeness (QED) is 0.881. The topological polar surface area (TPSA) is 35.2 Å². The van der Waals surface area contributed by atoms with Gasteiger partial charge in [-0.15, -0.1) is 0 Å². The van der Waals surface area contributed by atoms with E-state index < -0.39 is 5.82 Å². The molecule has 1 aliphatic rings. The lowest BCUT2D eigenvalue weighted by molar-refractivity contribution is 0.0584. The van der Waals surface area contributed by atoms with Gasteiger partial charge in [0.2, 0.25) is 0 Å². The van der Waals surface area contributed by atoms with Crippen LogP contribution in [0.2, 0.25) is 0 Å². The number of hydrogen-bond acceptors (Lipinski definition) is 2. The molecule has 1 saturated heterocycles. The molecule has 0 bridgehead atoms. The molecule has 2 rings (SSSR count). The summed E-state index contributed by atoms with van der Waals surface area (Å²) in [5.41, 5.74) is 6.42. The second kappa shape index (κ2) is 5.56. The van der Waals surface area contributed by atoms with E-state index >= 15 is 0 Å². The van der Waals surface area contributed by atoms with Crippen LogP contribution in [0.5, 0.6) is 0 Å². The lowest BCUT2D eigenvalue weighted by Gasteiger charge is -2.27. The van der Waals surface area contributed by atoms with Crippen molar-refractivity contribution < 1.29 is 13.5 Å². The molecule has 1 fully saturated rings. The number of rotatable bonds is 3. The fourth-order valence-electron chi connectivity index (χ4n) is 2.26. The van der Waals surface area contributed by atoms with Gasteiger partial charge in [-0.25, -0.2) is 8.78 Å². The lowest BCUT2D eigenvalue weighted by atomic mass is 9.88. The molecule has 17 heavy (non-hydrogen) atoms. The number of halogens is 2. The van der Waals surface area contributed by atoms with Crippen molar-refractivity contribution in [2.24, 2.45) is 11.7 Å². The van der Waals surface area contributed by atoms with Gasteiger partial charge in [-0.1, -0.05) is 0 Å². The summed E-state index contributed by atoms with van der Waals surface area (Å²) >= 11 is 0. The molecule has 0 saturated carbocycles. The van der Waals surface area contributed by atoms with Crippen LogP contribution < -0.4 is 5.73 Å². The zero-order chi connectivity index (χ0) is 12.3. The highest BCUT2D eigenvalue weighted by molar-refractivity contribution is 5.19. The van der Waals surface area contributed by atoms with Gasteiger partial charge in [-0.2, -0.15) is 0 Å². The molecule has 0 aliphatic carbocycles. The van der Waals surface area contributed by atoms with Gasteiger partial charge in [-0.05, 0) is 48.9 Å². The van der Waals surface area contributed by atoms with Gasteiger partial charge in [0, 0.05) is 19.3 Å². The smallest absolute Gasteiger partial charge is 0.126 e. The number of nitrogens with two attached hydrogens (primary N) is 1. The minimum absolute atomic E-state index is 0.129. The molecule has 0 amide bonds. The highest BCUT2D eigenvalue weighted by Gasteiger charge is 2.22. The molecule has 94 valence electrons. The molecule has 1 unspecified atom stereocenters. The Hall–Kier alpha value is -1.00. The molecule has 2 nitrogen and oxygen atoms in total. The van der Waals surface area contributed by atoms with Crippen molar-refractivity contribution in [1.29, 1.82) is 0 Å². The fraction of sp³-hybridized carbons (Fsp3) is 0.538. The molecule has 1 atom stereocenters. The first-order valence-corrected chi connectivity index (χ1v) is 5.94. The molecule has 1 aromatic rings. The highest BCUT2D eigenvalue weighted by Crippen LogP contribution is 2.21. The van der Waals surface area contributed by atoms with E-state index in [0.29, 0.717) is 31.1 Å². The molecule has 0 radical (unpaired) electrons. The Labute approximate surface area is 99.8 Å². The van der Waals surface area contributed by atoms with E-state index in [1.165, 1.54) is 6.07 Å². The lowest BCUT2D eigenvalue weighted by Crippen LogP contribution is -2.36. The third kappa shape index (κ3) is 3.23. The predicted molar refractivity (Wildman–Crippen MR) is 61.6 cm³/mol. The standard InChI is InChI=1S/C13H17F2NO/c14-11-1-2-12(15)10(7-11)8-13(16)9-3-5-17-6-4-9/h1-2,7,9,13H,3-6,8,16H2. The van der Waals surface area contributed by atoms with Crippen molar-refractivity contribution in [3.05, 3.63) is 35.4 Å². The molecule has 2 N–H and O–H groups in total. The van der Waals surface area contributed by atoms with Crippen molar-refractivity contribution in [3.63, 3.8) is 0 Å². The second-order valence-electron chi connectivity index (χ2n) is 4.55. The van der Waals surface area contributed by atoms with Gasteiger partial charge >= 0.3 is 0 Å². The van der Waals surface area contributed by atoms with Gasteiger partial charge in [0.05, 0.1) is 0 Å². The van der Waals surface area contributed by atoms with E-state index in [0.717, 1.165) is 25.0 Å². The summed E-state index contributed by atoms with van der Waals surface area (Å²) < 4.78 is 31.7. The van der Waals surface area contributed by atoms with Gasteiger partial charge in [0.1, 0.15) is 11.6 Å². The third-order valence-electron chi connectivity index (χ3n) is 3.33. The molecule has 1 aromatic carbocycles. The van der Waals surface area contributed by atoms with Crippen molar-refractivity contribution >= 4 is 0 Å². The minimum atomic E-state index is -0.416. The Morgan fingerprint density at radius 2 is 2.00 bits per heavy atom. The van der Waals surface area contributed by atoms with E-state index in [9.17, 15) is 8.78 Å². The molecule has 4 heteroatoms. The number of benzene rings is 1. The van der Waals surface area contributed by atoms with Gasteiger partial charge in [0.25, 0.3) is 0 Å². The van der Waals surface area contributed by atoms with Crippen molar-refractivity contribution in [1.82, 2.24) is 0 Å². The first-order chi connectivity index (χ1) is 8.16. The summed E-state index contributed by atoms with van der Waals surface area (Å²) in [5.74, 6) is -0.457. The average Bonchev–Trinajstić information content (AvgIpc) is 2.35. The van der Waals surface area contributed by atoms with Crippen molar-refractivity contribution in [2.75, 3.05) is 13.2 Å². The second-order valence-corrected chi connectivity index (χ2v) is 4.55. The van der Waals surface area contributed by atoms with Crippen LogP contribution in [0, 0.1) is 17.6 Å². The summed E-state index contributed by atoms with van der Waals surface area (Å²) in [5, 5.41) is 0. The van der Waals surface area contributed by atoms with E-state index in [2.05, 4.69) is 0 Å². The first-order valence-electron chi connectivity index (χ1n) is 5.94. The first kappa shape index (κ1) is 12.5. The Morgan fingerprint density at radius 3 is 2.71 bits per heavy atom. The Morgan fingerprint density at radius 1 is 1.29 bits per heavy atom. The molecule has 0 spiro atoms. The predicted octanol–water partition coefficient (Wildman–Crippen LogP) is 2.26. The Balaban J connectivity index is 2.01. The molecular formula is C13H17F2NO. The van der Waals surface area contributed by atoms with Crippen LogP contribution >= 0.6 is 0 Å². The maximum atomic E-state index is 13.5. The average molecular weight is 241 g/mol. The van der Waals surface area contributed by atoms with Gasteiger partial charge in [-0.3, -0.25) is 0 Å². The summed E-state index contributed by atoms with van der Waals surface area (Å²) in [6.45, 7) is 1.42. The summed E-state index contributed by atoms with van der Waals surface area (Å²) in [4.78, 5) is 0. The molecular weight excluding hydrogens is 224 g/mol. The van der Waals surface area contributed by atoms with E-state index in [1.54, 1.807) is 0 Å². The zero-order valence-electron chi connectivity index (χ0n) is 9.66. The summed E-state index contributed by atoms with van der Waals surface area (Å²) in [6.07, 6.45) is 2.18. The monoisotopic (exact) mass is 241 g/mol. The third-order valence-corrected chi connectivity index (χ3v) is 3.33. The van der Waals surface area contributed by atoms with Crippen LogP contribution in [0.1, 0.15) is 18.4 Å². The van der Waals surface area contributed by atoms with Crippen LogP contribution in [0.3, 0.4) is 0 Å². The van der Waals surface area contributed by atoms with Crippen LogP contribution in [0.4, 0.5) is 8.78 Å². The van der Waals surface area contributed by atoms with E-state index in [1.807, 2.05) is 0 Å². The van der Waals surface area contributed by atoms with E-state index in [-0.39, 0.29) is 11.9 Å². The molecule has 0 aromatic heterocycles. The van der Waals surface area contributed by atoms with Crippen LogP contribution in [-0.4, -0.2) is 19.3 Å². The normalized spacial score (nSPS) is 19.2. The largest absolute Gasteiger partial charge is 0.381 e. The Kier molecular flexibility index (Phi) is 4.07.